The number of ether oxygens (including phenoxy) is 1. The van der Waals surface area contributed by atoms with Gasteiger partial charge in [-0.1, -0.05) is 12.1 Å². The highest BCUT2D eigenvalue weighted by molar-refractivity contribution is 5.85. The van der Waals surface area contributed by atoms with Crippen molar-refractivity contribution in [3.8, 4) is 16.9 Å². The number of fused-ring (bicyclic) bond motifs is 1. The molecule has 0 saturated heterocycles. The van der Waals surface area contributed by atoms with Gasteiger partial charge in [0.1, 0.15) is 11.6 Å². The molecule has 0 aliphatic rings. The summed E-state index contributed by atoms with van der Waals surface area (Å²) in [5.41, 5.74) is 14.7. The van der Waals surface area contributed by atoms with Crippen LogP contribution >= 0.6 is 0 Å². The average molecular weight is 390 g/mol. The highest BCUT2D eigenvalue weighted by Gasteiger charge is 2.12. The van der Waals surface area contributed by atoms with E-state index < -0.39 is 0 Å². The van der Waals surface area contributed by atoms with Gasteiger partial charge in [-0.2, -0.15) is 5.10 Å². The minimum absolute atomic E-state index is 0.274. The van der Waals surface area contributed by atoms with Crippen molar-refractivity contribution in [2.45, 2.75) is 6.42 Å². The third-order valence-electron chi connectivity index (χ3n) is 4.87. The van der Waals surface area contributed by atoms with E-state index in [4.69, 9.17) is 16.2 Å². The van der Waals surface area contributed by atoms with Crippen LogP contribution in [0.2, 0.25) is 0 Å². The molecule has 1 heterocycles. The third kappa shape index (κ3) is 3.50. The average Bonchev–Trinajstić information content (AvgIpc) is 2.73. The van der Waals surface area contributed by atoms with Crippen LogP contribution in [0.3, 0.4) is 0 Å². The number of aromatic nitrogens is 2. The Morgan fingerprint density at radius 1 is 1.00 bits per heavy atom. The van der Waals surface area contributed by atoms with E-state index in [-0.39, 0.29) is 11.4 Å². The lowest BCUT2D eigenvalue weighted by molar-refractivity contribution is 0.415. The van der Waals surface area contributed by atoms with Crippen molar-refractivity contribution in [1.82, 2.24) is 10.2 Å². The van der Waals surface area contributed by atoms with E-state index in [1.807, 2.05) is 0 Å². The highest BCUT2D eigenvalue weighted by atomic mass is 19.1. The molecule has 7 heteroatoms. The fourth-order valence-corrected chi connectivity index (χ4v) is 3.30. The van der Waals surface area contributed by atoms with E-state index in [9.17, 15) is 9.18 Å². The molecule has 0 atom stereocenters. The fourth-order valence-electron chi connectivity index (χ4n) is 3.30. The summed E-state index contributed by atoms with van der Waals surface area (Å²) in [6, 6.07) is 15.1. The van der Waals surface area contributed by atoms with Crippen molar-refractivity contribution in [3.05, 3.63) is 82.0 Å². The molecule has 5 N–H and O–H groups in total. The van der Waals surface area contributed by atoms with Gasteiger partial charge in [0.05, 0.1) is 29.6 Å². The first-order chi connectivity index (χ1) is 14.0. The lowest BCUT2D eigenvalue weighted by Crippen LogP contribution is -2.11. The minimum Gasteiger partial charge on any atom is -0.497 e. The van der Waals surface area contributed by atoms with E-state index >= 15 is 0 Å². The number of H-pyrrole nitrogens is 1. The Kier molecular flexibility index (Phi) is 4.64. The van der Waals surface area contributed by atoms with Crippen molar-refractivity contribution in [3.63, 3.8) is 0 Å². The van der Waals surface area contributed by atoms with Crippen molar-refractivity contribution in [1.29, 1.82) is 0 Å². The predicted molar refractivity (Wildman–Crippen MR) is 112 cm³/mol. The highest BCUT2D eigenvalue weighted by Crippen LogP contribution is 2.29. The first kappa shape index (κ1) is 18.5. The zero-order valence-electron chi connectivity index (χ0n) is 15.7. The quantitative estimate of drug-likeness (QED) is 0.463. The van der Waals surface area contributed by atoms with E-state index in [1.165, 1.54) is 6.07 Å². The Labute approximate surface area is 165 Å². The first-order valence-electron chi connectivity index (χ1n) is 8.95. The second-order valence-corrected chi connectivity index (χ2v) is 6.75. The van der Waals surface area contributed by atoms with Gasteiger partial charge in [-0.25, -0.2) is 9.49 Å². The Morgan fingerprint density at radius 2 is 1.83 bits per heavy atom. The smallest absolute Gasteiger partial charge is 0.272 e. The van der Waals surface area contributed by atoms with Crippen LogP contribution in [-0.2, 0) is 6.42 Å². The molecule has 0 aliphatic carbocycles. The summed E-state index contributed by atoms with van der Waals surface area (Å²) < 4.78 is 19.7. The van der Waals surface area contributed by atoms with Crippen LogP contribution in [0.5, 0.6) is 5.75 Å². The number of nitrogen functional groups attached to an aromatic ring is 2. The summed E-state index contributed by atoms with van der Waals surface area (Å²) in [6.07, 6.45) is 0.401. The topological polar surface area (TPSA) is 107 Å². The lowest BCUT2D eigenvalue weighted by Gasteiger charge is -2.10. The van der Waals surface area contributed by atoms with Crippen LogP contribution in [0, 0.1) is 5.82 Å². The van der Waals surface area contributed by atoms with Crippen LogP contribution in [0.4, 0.5) is 15.8 Å². The van der Waals surface area contributed by atoms with E-state index in [0.29, 0.717) is 51.1 Å². The van der Waals surface area contributed by atoms with Gasteiger partial charge in [-0.15, -0.1) is 0 Å². The minimum atomic E-state index is -0.362. The molecule has 4 aromatic rings. The van der Waals surface area contributed by atoms with Crippen LogP contribution in [0.1, 0.15) is 11.3 Å². The van der Waals surface area contributed by atoms with Crippen LogP contribution < -0.4 is 21.8 Å². The van der Waals surface area contributed by atoms with E-state index in [2.05, 4.69) is 10.2 Å². The van der Waals surface area contributed by atoms with Gasteiger partial charge in [0.2, 0.25) is 0 Å². The van der Waals surface area contributed by atoms with Gasteiger partial charge in [0.25, 0.3) is 5.56 Å². The first-order valence-corrected chi connectivity index (χ1v) is 8.95. The Hall–Kier alpha value is -3.87. The van der Waals surface area contributed by atoms with Gasteiger partial charge < -0.3 is 16.2 Å². The second kappa shape index (κ2) is 7.27. The predicted octanol–water partition coefficient (Wildman–Crippen LogP) is 3.49. The van der Waals surface area contributed by atoms with Crippen molar-refractivity contribution < 1.29 is 9.13 Å². The summed E-state index contributed by atoms with van der Waals surface area (Å²) in [5, 5.41) is 7.93. The molecule has 0 fully saturated rings. The zero-order chi connectivity index (χ0) is 20.5. The Bertz CT molecular complexity index is 1280. The summed E-state index contributed by atoms with van der Waals surface area (Å²) >= 11 is 0. The number of aromatic amines is 1. The molecule has 0 saturated carbocycles. The largest absolute Gasteiger partial charge is 0.497 e. The molecular formula is C22H19FN4O2. The number of rotatable bonds is 4. The van der Waals surface area contributed by atoms with Gasteiger partial charge >= 0.3 is 0 Å². The molecular weight excluding hydrogens is 371 g/mol. The van der Waals surface area contributed by atoms with Crippen LogP contribution in [0.15, 0.2) is 59.4 Å². The normalized spacial score (nSPS) is 11.0. The molecule has 0 spiro atoms. The summed E-state index contributed by atoms with van der Waals surface area (Å²) in [7, 11) is 1.56. The number of halogens is 1. The summed E-state index contributed by atoms with van der Waals surface area (Å²) in [5.74, 6) is 0.266. The van der Waals surface area contributed by atoms with Crippen molar-refractivity contribution >= 4 is 22.1 Å². The van der Waals surface area contributed by atoms with Crippen molar-refractivity contribution in [2.75, 3.05) is 18.6 Å². The van der Waals surface area contributed by atoms with Gasteiger partial charge in [0.15, 0.2) is 0 Å². The Morgan fingerprint density at radius 3 is 2.59 bits per heavy atom. The fraction of sp³-hybridized carbons (Fsp3) is 0.0909. The second-order valence-electron chi connectivity index (χ2n) is 6.75. The zero-order valence-corrected chi connectivity index (χ0v) is 15.7. The van der Waals surface area contributed by atoms with Gasteiger partial charge in [-0.3, -0.25) is 4.79 Å². The number of benzene rings is 3. The molecule has 0 radical (unpaired) electrons. The summed E-state index contributed by atoms with van der Waals surface area (Å²) in [4.78, 5) is 12.1. The number of nitrogens with zero attached hydrogens (tertiary/aromatic N) is 1. The molecule has 1 aromatic heterocycles. The molecule has 3 aromatic carbocycles. The summed E-state index contributed by atoms with van der Waals surface area (Å²) in [6.45, 7) is 0. The monoisotopic (exact) mass is 390 g/mol. The number of methoxy groups -OCH3 is 1. The number of nitrogens with two attached hydrogens (primary N) is 2. The number of hydrogen-bond donors (Lipinski definition) is 3. The molecule has 4 rings (SSSR count). The molecule has 0 bridgehead atoms. The van der Waals surface area contributed by atoms with Crippen LogP contribution in [-0.4, -0.2) is 17.3 Å². The van der Waals surface area contributed by atoms with Gasteiger partial charge in [-0.05, 0) is 53.6 Å². The molecule has 29 heavy (non-hydrogen) atoms. The SMILES string of the molecule is COc1ccc2c(=O)[nH]nc(Cc3ccc(F)c(-c4ccc(N)c(N)c4)c3)c2c1. The molecule has 6 nitrogen and oxygen atoms in total. The number of nitrogens with one attached hydrogen (secondary N) is 1. The van der Waals surface area contributed by atoms with E-state index in [1.54, 1.807) is 55.6 Å². The maximum Gasteiger partial charge on any atom is 0.272 e. The Balaban J connectivity index is 1.78. The lowest BCUT2D eigenvalue weighted by atomic mass is 9.98. The van der Waals surface area contributed by atoms with Gasteiger partial charge in [0, 0.05) is 17.4 Å². The molecule has 0 amide bonds. The number of hydrogen-bond acceptors (Lipinski definition) is 5. The third-order valence-corrected chi connectivity index (χ3v) is 4.87. The van der Waals surface area contributed by atoms with Crippen molar-refractivity contribution in [2.24, 2.45) is 0 Å². The number of anilines is 2. The standard InChI is InChI=1S/C22H19FN4O2/c1-29-14-4-5-15-17(11-14)21(26-27-22(15)28)9-12-2-6-18(23)16(8-12)13-3-7-19(24)20(25)10-13/h2-8,10-11H,9,24-25H2,1H3,(H,27,28). The molecule has 146 valence electrons. The molecule has 0 aliphatic heterocycles. The van der Waals surface area contributed by atoms with Crippen LogP contribution in [0.25, 0.3) is 21.9 Å². The molecule has 0 unspecified atom stereocenters. The maximum atomic E-state index is 14.5. The maximum absolute atomic E-state index is 14.5. The van der Waals surface area contributed by atoms with E-state index in [0.717, 1.165) is 5.56 Å².